The van der Waals surface area contributed by atoms with Crippen molar-refractivity contribution >= 4 is 0 Å². The molecule has 2 N–H and O–H groups in total. The third kappa shape index (κ3) is 4.05. The van der Waals surface area contributed by atoms with Gasteiger partial charge in [-0.05, 0) is 30.2 Å². The maximum Gasteiger partial charge on any atom is 0.00878 e. The van der Waals surface area contributed by atoms with Crippen LogP contribution in [0.3, 0.4) is 0 Å². The number of nitrogens with two attached hydrogens (primary N) is 1. The van der Waals surface area contributed by atoms with Crippen molar-refractivity contribution in [2.45, 2.75) is 39.7 Å². The highest BCUT2D eigenvalue weighted by Gasteiger charge is 2.15. The van der Waals surface area contributed by atoms with Crippen LogP contribution in [0.2, 0.25) is 0 Å². The summed E-state index contributed by atoms with van der Waals surface area (Å²) < 4.78 is 0. The molecule has 0 aliphatic heterocycles. The van der Waals surface area contributed by atoms with E-state index >= 15 is 0 Å². The summed E-state index contributed by atoms with van der Waals surface area (Å²) in [5.74, 6) is 1.18. The molecule has 0 heterocycles. The maximum atomic E-state index is 6.12. The number of hydrogen-bond acceptors (Lipinski definition) is 1. The van der Waals surface area contributed by atoms with Crippen molar-refractivity contribution in [3.05, 3.63) is 35.9 Å². The third-order valence-electron chi connectivity index (χ3n) is 3.16. The predicted molar refractivity (Wildman–Crippen MR) is 66.7 cm³/mol. The minimum absolute atomic E-state index is 0.328. The van der Waals surface area contributed by atoms with E-state index in [1.54, 1.807) is 0 Å². The lowest BCUT2D eigenvalue weighted by Crippen LogP contribution is -2.33. The lowest BCUT2D eigenvalue weighted by molar-refractivity contribution is 0.346. The van der Waals surface area contributed by atoms with Gasteiger partial charge in [-0.1, -0.05) is 51.1 Å². The zero-order valence-electron chi connectivity index (χ0n) is 10.1. The second-order valence-electron chi connectivity index (χ2n) is 4.82. The summed E-state index contributed by atoms with van der Waals surface area (Å²) in [4.78, 5) is 0. The van der Waals surface area contributed by atoms with Crippen LogP contribution in [0.25, 0.3) is 0 Å². The van der Waals surface area contributed by atoms with Gasteiger partial charge in [0.15, 0.2) is 0 Å². The molecule has 0 aliphatic rings. The van der Waals surface area contributed by atoms with Gasteiger partial charge in [-0.3, -0.25) is 0 Å². The first-order valence-electron chi connectivity index (χ1n) is 5.90. The molecule has 1 aromatic carbocycles. The first kappa shape index (κ1) is 12.3. The van der Waals surface area contributed by atoms with E-state index in [1.165, 1.54) is 12.0 Å². The van der Waals surface area contributed by atoms with Gasteiger partial charge < -0.3 is 5.73 Å². The highest BCUT2D eigenvalue weighted by atomic mass is 14.7. The zero-order valence-corrected chi connectivity index (χ0v) is 10.1. The average Bonchev–Trinajstić information content (AvgIpc) is 2.26. The van der Waals surface area contributed by atoms with E-state index in [0.29, 0.717) is 17.9 Å². The lowest BCUT2D eigenvalue weighted by atomic mass is 9.88. The van der Waals surface area contributed by atoms with Crippen LogP contribution in [0.5, 0.6) is 0 Å². The van der Waals surface area contributed by atoms with Crippen LogP contribution in [0.4, 0.5) is 0 Å². The molecule has 0 spiro atoms. The number of aryl methyl sites for hydroxylation is 1. The zero-order chi connectivity index (χ0) is 11.3. The Hall–Kier alpha value is -0.820. The Morgan fingerprint density at radius 2 is 1.67 bits per heavy atom. The van der Waals surface area contributed by atoms with E-state index in [2.05, 4.69) is 51.1 Å². The van der Waals surface area contributed by atoms with E-state index in [0.717, 1.165) is 6.42 Å². The summed E-state index contributed by atoms with van der Waals surface area (Å²) >= 11 is 0. The van der Waals surface area contributed by atoms with Gasteiger partial charge >= 0.3 is 0 Å². The van der Waals surface area contributed by atoms with Crippen LogP contribution in [0.1, 0.15) is 32.8 Å². The van der Waals surface area contributed by atoms with Crippen molar-refractivity contribution < 1.29 is 0 Å². The SMILES string of the molecule is CC(C)C(N)C(C)CCc1ccccc1. The van der Waals surface area contributed by atoms with Gasteiger partial charge in [-0.15, -0.1) is 0 Å². The molecule has 1 rings (SSSR count). The molecular formula is C14H23N. The Labute approximate surface area is 93.7 Å². The van der Waals surface area contributed by atoms with E-state index in [9.17, 15) is 0 Å². The molecule has 0 aromatic heterocycles. The fourth-order valence-electron chi connectivity index (χ4n) is 1.89. The molecule has 0 saturated heterocycles. The standard InChI is InChI=1S/C14H23N/c1-11(2)14(15)12(3)9-10-13-7-5-4-6-8-13/h4-8,11-12,14H,9-10,15H2,1-3H3. The van der Waals surface area contributed by atoms with Gasteiger partial charge in [-0.25, -0.2) is 0 Å². The Morgan fingerprint density at radius 1 is 1.07 bits per heavy atom. The summed E-state index contributed by atoms with van der Waals surface area (Å²) in [5, 5.41) is 0. The fraction of sp³-hybridized carbons (Fsp3) is 0.571. The Bertz CT molecular complexity index is 266. The van der Waals surface area contributed by atoms with Crippen LogP contribution in [-0.2, 0) is 6.42 Å². The van der Waals surface area contributed by atoms with Crippen molar-refractivity contribution in [1.29, 1.82) is 0 Å². The molecular weight excluding hydrogens is 182 g/mol. The van der Waals surface area contributed by atoms with Crippen LogP contribution in [0, 0.1) is 11.8 Å². The van der Waals surface area contributed by atoms with Crippen LogP contribution in [0.15, 0.2) is 30.3 Å². The molecule has 0 radical (unpaired) electrons. The van der Waals surface area contributed by atoms with Crippen molar-refractivity contribution in [3.8, 4) is 0 Å². The van der Waals surface area contributed by atoms with Gasteiger partial charge in [0.2, 0.25) is 0 Å². The Morgan fingerprint density at radius 3 is 2.20 bits per heavy atom. The largest absolute Gasteiger partial charge is 0.327 e. The molecule has 0 amide bonds. The molecule has 1 nitrogen and oxygen atoms in total. The van der Waals surface area contributed by atoms with Crippen molar-refractivity contribution in [1.82, 2.24) is 0 Å². The molecule has 1 aromatic rings. The first-order valence-corrected chi connectivity index (χ1v) is 5.90. The van der Waals surface area contributed by atoms with Crippen molar-refractivity contribution in [2.24, 2.45) is 17.6 Å². The Kier molecular flexibility index (Phi) is 4.83. The molecule has 0 saturated carbocycles. The third-order valence-corrected chi connectivity index (χ3v) is 3.16. The van der Waals surface area contributed by atoms with E-state index in [1.807, 2.05) is 0 Å². The molecule has 2 unspecified atom stereocenters. The van der Waals surface area contributed by atoms with E-state index in [4.69, 9.17) is 5.73 Å². The van der Waals surface area contributed by atoms with Crippen molar-refractivity contribution in [2.75, 3.05) is 0 Å². The number of rotatable bonds is 5. The van der Waals surface area contributed by atoms with Gasteiger partial charge in [0, 0.05) is 6.04 Å². The summed E-state index contributed by atoms with van der Waals surface area (Å²) in [6.45, 7) is 6.65. The molecule has 0 aliphatic carbocycles. The highest BCUT2D eigenvalue weighted by molar-refractivity contribution is 5.14. The van der Waals surface area contributed by atoms with Gasteiger partial charge in [-0.2, -0.15) is 0 Å². The number of benzene rings is 1. The summed E-state index contributed by atoms with van der Waals surface area (Å²) in [6.07, 6.45) is 2.33. The molecule has 0 fully saturated rings. The van der Waals surface area contributed by atoms with Crippen LogP contribution in [-0.4, -0.2) is 6.04 Å². The van der Waals surface area contributed by atoms with Gasteiger partial charge in [0.05, 0.1) is 0 Å². The Balaban J connectivity index is 2.37. The molecule has 15 heavy (non-hydrogen) atoms. The number of hydrogen-bond donors (Lipinski definition) is 1. The minimum Gasteiger partial charge on any atom is -0.327 e. The average molecular weight is 205 g/mol. The van der Waals surface area contributed by atoms with Gasteiger partial charge in [0.25, 0.3) is 0 Å². The summed E-state index contributed by atoms with van der Waals surface area (Å²) in [5.41, 5.74) is 7.54. The second kappa shape index (κ2) is 5.92. The van der Waals surface area contributed by atoms with E-state index < -0.39 is 0 Å². The smallest absolute Gasteiger partial charge is 0.00878 e. The second-order valence-corrected chi connectivity index (χ2v) is 4.82. The topological polar surface area (TPSA) is 26.0 Å². The van der Waals surface area contributed by atoms with Crippen LogP contribution < -0.4 is 5.73 Å². The maximum absolute atomic E-state index is 6.12. The van der Waals surface area contributed by atoms with E-state index in [-0.39, 0.29) is 0 Å². The summed E-state index contributed by atoms with van der Waals surface area (Å²) in [7, 11) is 0. The predicted octanol–water partition coefficient (Wildman–Crippen LogP) is 3.24. The quantitative estimate of drug-likeness (QED) is 0.784. The monoisotopic (exact) mass is 205 g/mol. The normalized spacial score (nSPS) is 15.3. The van der Waals surface area contributed by atoms with Crippen LogP contribution >= 0.6 is 0 Å². The molecule has 1 heteroatoms. The molecule has 2 atom stereocenters. The summed E-state index contributed by atoms with van der Waals surface area (Å²) in [6, 6.07) is 11.0. The van der Waals surface area contributed by atoms with Crippen molar-refractivity contribution in [3.63, 3.8) is 0 Å². The lowest BCUT2D eigenvalue weighted by Gasteiger charge is -2.23. The molecule has 84 valence electrons. The van der Waals surface area contributed by atoms with Gasteiger partial charge in [0.1, 0.15) is 0 Å². The molecule has 0 bridgehead atoms. The first-order chi connectivity index (χ1) is 7.11. The highest BCUT2D eigenvalue weighted by Crippen LogP contribution is 2.16. The minimum atomic E-state index is 0.328. The fourth-order valence-corrected chi connectivity index (χ4v) is 1.89.